The monoisotopic (exact) mass is 445 g/mol. The smallest absolute Gasteiger partial charge is 0.335 e. The van der Waals surface area contributed by atoms with Crippen molar-refractivity contribution in [3.05, 3.63) is 101 Å². The number of halogens is 2. The van der Waals surface area contributed by atoms with Gasteiger partial charge in [0, 0.05) is 12.6 Å². The maximum atomic E-state index is 13.5. The molecular formula is C23H21F2NO4S. The zero-order valence-electron chi connectivity index (χ0n) is 16.9. The molecule has 31 heavy (non-hydrogen) atoms. The van der Waals surface area contributed by atoms with Gasteiger partial charge < -0.3 is 5.11 Å². The first-order chi connectivity index (χ1) is 14.6. The molecule has 0 spiro atoms. The molecule has 8 heteroatoms. The van der Waals surface area contributed by atoms with Crippen molar-refractivity contribution >= 4 is 16.0 Å². The second-order valence-electron chi connectivity index (χ2n) is 7.18. The van der Waals surface area contributed by atoms with E-state index in [2.05, 4.69) is 0 Å². The molecule has 3 aromatic rings. The Labute approximate surface area is 179 Å². The van der Waals surface area contributed by atoms with E-state index in [4.69, 9.17) is 0 Å². The van der Waals surface area contributed by atoms with Crippen molar-refractivity contribution in [2.45, 2.75) is 31.3 Å². The number of carbonyl (C=O) groups is 1. The third-order valence-corrected chi connectivity index (χ3v) is 7.05. The predicted molar refractivity (Wildman–Crippen MR) is 112 cm³/mol. The van der Waals surface area contributed by atoms with Crippen molar-refractivity contribution in [2.75, 3.05) is 0 Å². The van der Waals surface area contributed by atoms with Gasteiger partial charge in [-0.15, -0.1) is 0 Å². The Balaban J connectivity index is 2.06. The van der Waals surface area contributed by atoms with Crippen LogP contribution in [-0.4, -0.2) is 23.8 Å². The number of nitrogens with zero attached hydrogens (tertiary/aromatic N) is 1. The van der Waals surface area contributed by atoms with E-state index in [1.54, 1.807) is 19.9 Å². The van der Waals surface area contributed by atoms with Crippen molar-refractivity contribution in [2.24, 2.45) is 0 Å². The second-order valence-corrected chi connectivity index (χ2v) is 9.07. The SMILES string of the molecule is Cc1cc(C(=O)O)ccc1CN(C(C)c1ccc(F)cc1)S(=O)(=O)c1ccc(F)cc1. The topological polar surface area (TPSA) is 74.7 Å². The first-order valence-corrected chi connectivity index (χ1v) is 10.9. The van der Waals surface area contributed by atoms with Crippen LogP contribution in [0, 0.1) is 18.6 Å². The van der Waals surface area contributed by atoms with E-state index in [1.807, 2.05) is 0 Å². The van der Waals surface area contributed by atoms with Gasteiger partial charge in [-0.1, -0.05) is 18.2 Å². The van der Waals surface area contributed by atoms with Crippen LogP contribution in [-0.2, 0) is 16.6 Å². The van der Waals surface area contributed by atoms with Crippen molar-refractivity contribution in [1.29, 1.82) is 0 Å². The number of benzene rings is 3. The third-order valence-electron chi connectivity index (χ3n) is 5.12. The Kier molecular flexibility index (Phi) is 6.52. The molecule has 162 valence electrons. The zero-order chi connectivity index (χ0) is 22.8. The van der Waals surface area contributed by atoms with E-state index in [9.17, 15) is 27.1 Å². The average molecular weight is 445 g/mol. The first kappa shape index (κ1) is 22.6. The molecule has 0 bridgehead atoms. The minimum atomic E-state index is -4.06. The van der Waals surface area contributed by atoms with Gasteiger partial charge in [-0.25, -0.2) is 22.0 Å². The molecule has 1 unspecified atom stereocenters. The summed E-state index contributed by atoms with van der Waals surface area (Å²) in [5, 5.41) is 9.17. The summed E-state index contributed by atoms with van der Waals surface area (Å²) < 4.78 is 54.9. The van der Waals surface area contributed by atoms with E-state index in [1.165, 1.54) is 52.8 Å². The highest BCUT2D eigenvalue weighted by atomic mass is 32.2. The van der Waals surface area contributed by atoms with Crippen molar-refractivity contribution in [3.8, 4) is 0 Å². The summed E-state index contributed by atoms with van der Waals surface area (Å²) in [6, 6.07) is 13.8. The number of aryl methyl sites for hydroxylation is 1. The van der Waals surface area contributed by atoms with Gasteiger partial charge in [-0.2, -0.15) is 4.31 Å². The van der Waals surface area contributed by atoms with Crippen LogP contribution >= 0.6 is 0 Å². The number of rotatable bonds is 7. The summed E-state index contributed by atoms with van der Waals surface area (Å²) in [6.07, 6.45) is 0. The summed E-state index contributed by atoms with van der Waals surface area (Å²) >= 11 is 0. The molecule has 0 saturated carbocycles. The molecule has 1 atom stereocenters. The Morgan fingerprint density at radius 1 is 0.968 bits per heavy atom. The lowest BCUT2D eigenvalue weighted by molar-refractivity contribution is 0.0696. The number of aromatic carboxylic acids is 1. The van der Waals surface area contributed by atoms with E-state index in [0.29, 0.717) is 16.7 Å². The van der Waals surface area contributed by atoms with E-state index in [-0.39, 0.29) is 17.0 Å². The molecule has 0 amide bonds. The highest BCUT2D eigenvalue weighted by molar-refractivity contribution is 7.89. The molecule has 0 fully saturated rings. The van der Waals surface area contributed by atoms with Crippen LogP contribution < -0.4 is 0 Å². The van der Waals surface area contributed by atoms with Crippen LogP contribution in [0.15, 0.2) is 71.6 Å². The van der Waals surface area contributed by atoms with Crippen LogP contribution in [0.3, 0.4) is 0 Å². The summed E-state index contributed by atoms with van der Waals surface area (Å²) in [5.41, 5.74) is 1.91. The number of hydrogen-bond acceptors (Lipinski definition) is 3. The van der Waals surface area contributed by atoms with Gasteiger partial charge >= 0.3 is 5.97 Å². The normalized spacial score (nSPS) is 12.7. The fraction of sp³-hybridized carbons (Fsp3) is 0.174. The number of carboxylic acids is 1. The molecular weight excluding hydrogens is 424 g/mol. The molecule has 1 N–H and O–H groups in total. The Morgan fingerprint density at radius 2 is 1.52 bits per heavy atom. The molecule has 0 aliphatic heterocycles. The Morgan fingerprint density at radius 3 is 2.03 bits per heavy atom. The molecule has 0 saturated heterocycles. The van der Waals surface area contributed by atoms with Gasteiger partial charge in [0.15, 0.2) is 0 Å². The fourth-order valence-electron chi connectivity index (χ4n) is 3.25. The van der Waals surface area contributed by atoms with Crippen LogP contribution in [0.25, 0.3) is 0 Å². The van der Waals surface area contributed by atoms with Crippen LogP contribution in [0.2, 0.25) is 0 Å². The Hall–Kier alpha value is -3.10. The maximum Gasteiger partial charge on any atom is 0.335 e. The van der Waals surface area contributed by atoms with Crippen molar-refractivity contribution < 1.29 is 27.1 Å². The molecule has 3 rings (SSSR count). The number of hydrogen-bond donors (Lipinski definition) is 1. The second kappa shape index (κ2) is 8.95. The van der Waals surface area contributed by atoms with Gasteiger partial charge in [0.25, 0.3) is 0 Å². The molecule has 5 nitrogen and oxygen atoms in total. The van der Waals surface area contributed by atoms with E-state index >= 15 is 0 Å². The van der Waals surface area contributed by atoms with Crippen LogP contribution in [0.1, 0.15) is 40.0 Å². The van der Waals surface area contributed by atoms with Gasteiger partial charge in [0.2, 0.25) is 10.0 Å². The third kappa shape index (κ3) is 4.98. The van der Waals surface area contributed by atoms with E-state index < -0.39 is 33.7 Å². The fourth-order valence-corrected chi connectivity index (χ4v) is 4.85. The minimum Gasteiger partial charge on any atom is -0.478 e. The summed E-state index contributed by atoms with van der Waals surface area (Å²) in [5.74, 6) is -2.08. The maximum absolute atomic E-state index is 13.5. The van der Waals surface area contributed by atoms with Crippen molar-refractivity contribution in [1.82, 2.24) is 4.31 Å². The number of sulfonamides is 1. The average Bonchev–Trinajstić information content (AvgIpc) is 2.73. The highest BCUT2D eigenvalue weighted by Crippen LogP contribution is 2.30. The van der Waals surface area contributed by atoms with Gasteiger partial charge in [-0.3, -0.25) is 0 Å². The minimum absolute atomic E-state index is 0.0516. The molecule has 0 radical (unpaired) electrons. The summed E-state index contributed by atoms with van der Waals surface area (Å²) in [7, 11) is -4.06. The molecule has 0 aliphatic rings. The van der Waals surface area contributed by atoms with Crippen molar-refractivity contribution in [3.63, 3.8) is 0 Å². The van der Waals surface area contributed by atoms with E-state index in [0.717, 1.165) is 12.1 Å². The lowest BCUT2D eigenvalue weighted by Crippen LogP contribution is -2.33. The largest absolute Gasteiger partial charge is 0.478 e. The first-order valence-electron chi connectivity index (χ1n) is 9.45. The zero-order valence-corrected chi connectivity index (χ0v) is 17.7. The van der Waals surface area contributed by atoms with Gasteiger partial charge in [0.05, 0.1) is 10.5 Å². The number of carboxylic acid groups (broad SMARTS) is 1. The molecule has 3 aromatic carbocycles. The highest BCUT2D eigenvalue weighted by Gasteiger charge is 2.30. The van der Waals surface area contributed by atoms with Crippen LogP contribution in [0.5, 0.6) is 0 Å². The van der Waals surface area contributed by atoms with Gasteiger partial charge in [-0.05, 0) is 79.1 Å². The lowest BCUT2D eigenvalue weighted by atomic mass is 10.0. The lowest BCUT2D eigenvalue weighted by Gasteiger charge is -2.29. The molecule has 0 heterocycles. The predicted octanol–water partition coefficient (Wildman–Crippen LogP) is 4.92. The van der Waals surface area contributed by atoms with Crippen LogP contribution in [0.4, 0.5) is 8.78 Å². The summed E-state index contributed by atoms with van der Waals surface area (Å²) in [6.45, 7) is 3.33. The molecule has 0 aliphatic carbocycles. The van der Waals surface area contributed by atoms with Gasteiger partial charge in [0.1, 0.15) is 11.6 Å². The Bertz CT molecular complexity index is 1190. The molecule has 0 aromatic heterocycles. The quantitative estimate of drug-likeness (QED) is 0.560. The summed E-state index contributed by atoms with van der Waals surface area (Å²) in [4.78, 5) is 11.1. The standard InChI is InChI=1S/C23H21F2NO4S/c1-15-13-18(23(27)28)3-4-19(15)14-26(16(2)17-5-7-20(24)8-6-17)31(29,30)22-11-9-21(25)10-12-22/h3-13,16H,14H2,1-2H3,(H,27,28).